The van der Waals surface area contributed by atoms with Gasteiger partial charge in [0.05, 0.1) is 67.1 Å². The number of hydrogen-bond donors (Lipinski definition) is 0. The lowest BCUT2D eigenvalue weighted by Gasteiger charge is -2.21. The fourth-order valence-electron chi connectivity index (χ4n) is 3.83. The molecule has 0 bridgehead atoms. The highest BCUT2D eigenvalue weighted by atomic mass is 16.5. The third-order valence-electron chi connectivity index (χ3n) is 5.48. The fourth-order valence-corrected chi connectivity index (χ4v) is 3.83. The standard InChI is InChI=1S/C26H36O6/c1-27-25-7-3-5-21(15-25)13-23-17-29-9-11-31-19-24(20-32-12-10-30-18-23)14-22-6-4-8-26(16-22)28-2/h3-8,15-16,23-24H,9-14,17-20H2,1-2H3. The van der Waals surface area contributed by atoms with Crippen molar-refractivity contribution >= 4 is 0 Å². The minimum absolute atomic E-state index is 0.269. The van der Waals surface area contributed by atoms with Crippen molar-refractivity contribution in [3.05, 3.63) is 59.7 Å². The molecular formula is C26H36O6. The Morgan fingerprint density at radius 1 is 0.625 bits per heavy atom. The second-order valence-electron chi connectivity index (χ2n) is 8.14. The summed E-state index contributed by atoms with van der Waals surface area (Å²) in [6, 6.07) is 16.3. The summed E-state index contributed by atoms with van der Waals surface area (Å²) in [5, 5.41) is 0. The summed E-state index contributed by atoms with van der Waals surface area (Å²) >= 11 is 0. The maximum atomic E-state index is 5.92. The SMILES string of the molecule is COc1cccc(CC2COCCOCC(Cc3cccc(OC)c3)COCCOC2)c1. The maximum absolute atomic E-state index is 5.92. The third kappa shape index (κ3) is 8.79. The van der Waals surface area contributed by atoms with Crippen molar-refractivity contribution < 1.29 is 28.4 Å². The van der Waals surface area contributed by atoms with Crippen LogP contribution in [0.5, 0.6) is 11.5 Å². The molecule has 0 atom stereocenters. The van der Waals surface area contributed by atoms with Crippen LogP contribution in [0.2, 0.25) is 0 Å². The highest BCUT2D eigenvalue weighted by Gasteiger charge is 2.15. The molecule has 2 aromatic carbocycles. The molecule has 1 saturated heterocycles. The van der Waals surface area contributed by atoms with Crippen LogP contribution in [-0.2, 0) is 31.8 Å². The van der Waals surface area contributed by atoms with E-state index in [0.29, 0.717) is 52.9 Å². The Kier molecular flexibility index (Phi) is 10.8. The second-order valence-corrected chi connectivity index (χ2v) is 8.14. The van der Waals surface area contributed by atoms with Gasteiger partial charge >= 0.3 is 0 Å². The van der Waals surface area contributed by atoms with Gasteiger partial charge in [-0.05, 0) is 48.2 Å². The van der Waals surface area contributed by atoms with Gasteiger partial charge in [0.2, 0.25) is 0 Å². The summed E-state index contributed by atoms with van der Waals surface area (Å²) in [6.07, 6.45) is 1.75. The predicted octanol–water partition coefficient (Wildman–Crippen LogP) is 3.80. The summed E-state index contributed by atoms with van der Waals surface area (Å²) in [4.78, 5) is 0. The molecule has 1 heterocycles. The van der Waals surface area contributed by atoms with Gasteiger partial charge in [-0.15, -0.1) is 0 Å². The van der Waals surface area contributed by atoms with E-state index in [4.69, 9.17) is 28.4 Å². The van der Waals surface area contributed by atoms with Crippen LogP contribution in [0.25, 0.3) is 0 Å². The first kappa shape index (κ1) is 24.5. The molecule has 6 heteroatoms. The summed E-state index contributed by atoms with van der Waals surface area (Å²) in [5.74, 6) is 2.28. The van der Waals surface area contributed by atoms with E-state index in [-0.39, 0.29) is 11.8 Å². The van der Waals surface area contributed by atoms with E-state index in [9.17, 15) is 0 Å². The largest absolute Gasteiger partial charge is 0.497 e. The van der Waals surface area contributed by atoms with E-state index in [1.54, 1.807) is 14.2 Å². The molecule has 0 amide bonds. The summed E-state index contributed by atoms with van der Waals surface area (Å²) in [7, 11) is 3.38. The topological polar surface area (TPSA) is 55.4 Å². The molecule has 0 unspecified atom stereocenters. The molecule has 32 heavy (non-hydrogen) atoms. The number of rotatable bonds is 6. The Morgan fingerprint density at radius 2 is 1.00 bits per heavy atom. The Morgan fingerprint density at radius 3 is 1.34 bits per heavy atom. The van der Waals surface area contributed by atoms with E-state index in [1.807, 2.05) is 24.3 Å². The molecule has 0 radical (unpaired) electrons. The zero-order valence-electron chi connectivity index (χ0n) is 19.3. The van der Waals surface area contributed by atoms with Crippen LogP contribution in [0.15, 0.2) is 48.5 Å². The molecule has 3 rings (SSSR count). The minimum Gasteiger partial charge on any atom is -0.497 e. The van der Waals surface area contributed by atoms with Gasteiger partial charge in [0.1, 0.15) is 11.5 Å². The molecular weight excluding hydrogens is 408 g/mol. The summed E-state index contributed by atoms with van der Waals surface area (Å²) in [6.45, 7) is 4.82. The lowest BCUT2D eigenvalue weighted by molar-refractivity contribution is -0.0322. The van der Waals surface area contributed by atoms with Crippen LogP contribution in [0.3, 0.4) is 0 Å². The maximum Gasteiger partial charge on any atom is 0.119 e. The van der Waals surface area contributed by atoms with Gasteiger partial charge in [0, 0.05) is 11.8 Å². The van der Waals surface area contributed by atoms with Crippen molar-refractivity contribution in [1.82, 2.24) is 0 Å². The van der Waals surface area contributed by atoms with Gasteiger partial charge in [-0.2, -0.15) is 0 Å². The van der Waals surface area contributed by atoms with Gasteiger partial charge in [0.15, 0.2) is 0 Å². The van der Waals surface area contributed by atoms with Gasteiger partial charge in [0.25, 0.3) is 0 Å². The van der Waals surface area contributed by atoms with Crippen molar-refractivity contribution in [3.63, 3.8) is 0 Å². The van der Waals surface area contributed by atoms with Gasteiger partial charge < -0.3 is 28.4 Å². The Bertz CT molecular complexity index is 699. The van der Waals surface area contributed by atoms with Crippen molar-refractivity contribution in [2.45, 2.75) is 12.8 Å². The van der Waals surface area contributed by atoms with Crippen LogP contribution < -0.4 is 9.47 Å². The number of hydrogen-bond acceptors (Lipinski definition) is 6. The minimum atomic E-state index is 0.269. The molecule has 0 saturated carbocycles. The highest BCUT2D eigenvalue weighted by molar-refractivity contribution is 5.29. The van der Waals surface area contributed by atoms with E-state index < -0.39 is 0 Å². The zero-order chi connectivity index (χ0) is 22.4. The second kappa shape index (κ2) is 14.1. The molecule has 0 aromatic heterocycles. The lowest BCUT2D eigenvalue weighted by atomic mass is 10.0. The average molecular weight is 445 g/mol. The third-order valence-corrected chi connectivity index (χ3v) is 5.48. The molecule has 2 aromatic rings. The van der Waals surface area contributed by atoms with Crippen molar-refractivity contribution in [2.24, 2.45) is 11.8 Å². The van der Waals surface area contributed by atoms with E-state index >= 15 is 0 Å². The van der Waals surface area contributed by atoms with Gasteiger partial charge in [-0.1, -0.05) is 24.3 Å². The summed E-state index contributed by atoms with van der Waals surface area (Å²) < 4.78 is 34.4. The molecule has 176 valence electrons. The zero-order valence-corrected chi connectivity index (χ0v) is 19.3. The van der Waals surface area contributed by atoms with Crippen molar-refractivity contribution in [1.29, 1.82) is 0 Å². The van der Waals surface area contributed by atoms with E-state index in [2.05, 4.69) is 24.3 Å². The molecule has 6 nitrogen and oxygen atoms in total. The van der Waals surface area contributed by atoms with Crippen molar-refractivity contribution in [3.8, 4) is 11.5 Å². The van der Waals surface area contributed by atoms with Crippen LogP contribution in [0.1, 0.15) is 11.1 Å². The molecule has 1 fully saturated rings. The Hall–Kier alpha value is -2.12. The number of ether oxygens (including phenoxy) is 6. The monoisotopic (exact) mass is 444 g/mol. The average Bonchev–Trinajstić information content (AvgIpc) is 2.82. The molecule has 1 aliphatic heterocycles. The van der Waals surface area contributed by atoms with Crippen LogP contribution in [-0.4, -0.2) is 67.1 Å². The lowest BCUT2D eigenvalue weighted by Crippen LogP contribution is -2.25. The van der Waals surface area contributed by atoms with Crippen LogP contribution >= 0.6 is 0 Å². The van der Waals surface area contributed by atoms with Crippen LogP contribution in [0.4, 0.5) is 0 Å². The fraction of sp³-hybridized carbons (Fsp3) is 0.538. The first-order valence-corrected chi connectivity index (χ1v) is 11.3. The molecule has 0 spiro atoms. The van der Waals surface area contributed by atoms with Crippen molar-refractivity contribution in [2.75, 3.05) is 67.1 Å². The molecule has 1 aliphatic rings. The smallest absolute Gasteiger partial charge is 0.119 e. The molecule has 0 N–H and O–H groups in total. The Labute approximate surface area is 191 Å². The normalized spacial score (nSPS) is 21.4. The van der Waals surface area contributed by atoms with E-state index in [0.717, 1.165) is 24.3 Å². The number of benzene rings is 2. The molecule has 0 aliphatic carbocycles. The van der Waals surface area contributed by atoms with Crippen LogP contribution in [0, 0.1) is 11.8 Å². The highest BCUT2D eigenvalue weighted by Crippen LogP contribution is 2.18. The Balaban J connectivity index is 1.48. The van der Waals surface area contributed by atoms with Gasteiger partial charge in [-0.25, -0.2) is 0 Å². The summed E-state index contributed by atoms with van der Waals surface area (Å²) in [5.41, 5.74) is 2.44. The van der Waals surface area contributed by atoms with E-state index in [1.165, 1.54) is 11.1 Å². The predicted molar refractivity (Wildman–Crippen MR) is 124 cm³/mol. The quantitative estimate of drug-likeness (QED) is 0.676. The first-order valence-electron chi connectivity index (χ1n) is 11.3. The van der Waals surface area contributed by atoms with Gasteiger partial charge in [-0.3, -0.25) is 0 Å². The number of methoxy groups -OCH3 is 2. The first-order chi connectivity index (χ1) is 15.8.